The molecule has 4 heteroatoms. The average molecular weight is 343 g/mol. The Morgan fingerprint density at radius 3 is 2.88 bits per heavy atom. The summed E-state index contributed by atoms with van der Waals surface area (Å²) < 4.78 is 1.13. The summed E-state index contributed by atoms with van der Waals surface area (Å²) in [6.45, 7) is 4.42. The Bertz CT molecular complexity index is 799. The van der Waals surface area contributed by atoms with Crippen LogP contribution in [0.25, 0.3) is 0 Å². The van der Waals surface area contributed by atoms with Crippen molar-refractivity contribution in [3.63, 3.8) is 0 Å². The summed E-state index contributed by atoms with van der Waals surface area (Å²) in [5.41, 5.74) is 6.35. The highest BCUT2D eigenvalue weighted by Gasteiger charge is 2.67. The lowest BCUT2D eigenvalue weighted by Gasteiger charge is -2.51. The number of nitrogens with one attached hydrogen (secondary N) is 1. The van der Waals surface area contributed by atoms with Gasteiger partial charge in [0.2, 0.25) is 0 Å². The molecule has 0 aromatic heterocycles. The summed E-state index contributed by atoms with van der Waals surface area (Å²) in [4.78, 5) is 12.0. The molecule has 2 bridgehead atoms. The highest BCUT2D eigenvalue weighted by molar-refractivity contribution is 5.84. The van der Waals surface area contributed by atoms with Crippen molar-refractivity contribution in [3.8, 4) is 0 Å². The van der Waals surface area contributed by atoms with Gasteiger partial charge in [0.1, 0.15) is 18.9 Å². The Morgan fingerprint density at radius 2 is 2.12 bits per heavy atom. The smallest absolute Gasteiger partial charge is 0.148 e. The van der Waals surface area contributed by atoms with Crippen molar-refractivity contribution in [3.05, 3.63) is 52.7 Å². The van der Waals surface area contributed by atoms with Gasteiger partial charge in [0.15, 0.2) is 0 Å². The third-order valence-electron chi connectivity index (χ3n) is 7.06. The van der Waals surface area contributed by atoms with E-state index in [2.05, 4.69) is 49.6 Å². The Balaban J connectivity index is 0.00000146. The van der Waals surface area contributed by atoms with Gasteiger partial charge in [-0.15, -0.1) is 0 Å². The van der Waals surface area contributed by atoms with Gasteiger partial charge in [-0.2, -0.15) is 0 Å². The fourth-order valence-corrected chi connectivity index (χ4v) is 6.07. The maximum absolute atomic E-state index is 12.0. The zero-order valence-corrected chi connectivity index (χ0v) is 14.9. The average Bonchev–Trinajstić information content (AvgIpc) is 3.08. The van der Waals surface area contributed by atoms with E-state index in [1.807, 2.05) is 0 Å². The molecule has 2 saturated heterocycles. The largest absolute Gasteiger partial charge is 1.00 e. The number of para-hydroxylation sites is 1. The molecule has 4 atom stereocenters. The molecule has 0 amide bonds. The fraction of sp³-hybridized carbons (Fsp3) is 0.450. The molecular weight excluding hydrogens is 320 g/mol. The summed E-state index contributed by atoms with van der Waals surface area (Å²) >= 11 is 0. The lowest BCUT2D eigenvalue weighted by atomic mass is 9.61. The Hall–Kier alpha value is -1.58. The van der Waals surface area contributed by atoms with E-state index >= 15 is 0 Å². The molecule has 2 fully saturated rings. The standard InChI is InChI=1S/C20H22N2O.ClH/c1-3-13-11-22(2)9-8-20-16-6-4-5-7-17(16)21-19(20)15(12-23)14(13)10-18(20)22;/h3-7,12,14,18H,8-11H2,1-2H3;1H/b13-3-;/t14-,18-,20+,22-;/m0./s1. The number of benzene rings is 1. The molecule has 0 radical (unpaired) electrons. The molecule has 3 aliphatic heterocycles. The predicted octanol–water partition coefficient (Wildman–Crippen LogP) is 0.00560. The van der Waals surface area contributed by atoms with Gasteiger partial charge in [0.05, 0.1) is 19.0 Å². The van der Waals surface area contributed by atoms with E-state index < -0.39 is 0 Å². The third kappa shape index (κ3) is 1.60. The van der Waals surface area contributed by atoms with Gasteiger partial charge in [0.25, 0.3) is 0 Å². The quantitative estimate of drug-likeness (QED) is 0.442. The van der Waals surface area contributed by atoms with E-state index in [0.29, 0.717) is 12.0 Å². The molecule has 24 heavy (non-hydrogen) atoms. The van der Waals surface area contributed by atoms with Gasteiger partial charge in [-0.1, -0.05) is 24.3 Å². The van der Waals surface area contributed by atoms with Gasteiger partial charge >= 0.3 is 0 Å². The van der Waals surface area contributed by atoms with Crippen molar-refractivity contribution in [2.45, 2.75) is 31.2 Å². The first kappa shape index (κ1) is 15.9. The summed E-state index contributed by atoms with van der Waals surface area (Å²) in [5, 5.41) is 3.66. The number of piperidine rings is 1. The Kier molecular flexibility index (Phi) is 3.29. The number of rotatable bonds is 1. The number of hydrogen-bond acceptors (Lipinski definition) is 2. The van der Waals surface area contributed by atoms with E-state index in [0.717, 1.165) is 35.7 Å². The number of carbonyl (C=O) groups excluding carboxylic acids is 1. The number of aldehydes is 1. The van der Waals surface area contributed by atoms with Crippen molar-refractivity contribution in [2.75, 3.05) is 25.5 Å². The van der Waals surface area contributed by atoms with Crippen LogP contribution in [0, 0.1) is 5.92 Å². The lowest BCUT2D eigenvalue weighted by molar-refractivity contribution is -0.923. The maximum Gasteiger partial charge on any atom is 0.148 e. The van der Waals surface area contributed by atoms with E-state index in [4.69, 9.17) is 0 Å². The van der Waals surface area contributed by atoms with Crippen molar-refractivity contribution >= 4 is 12.0 Å². The fourth-order valence-electron chi connectivity index (χ4n) is 6.07. The first-order valence-corrected chi connectivity index (χ1v) is 8.70. The number of nitrogens with zero attached hydrogens (tertiary/aromatic N) is 1. The molecule has 3 heterocycles. The van der Waals surface area contributed by atoms with Crippen molar-refractivity contribution in [1.82, 2.24) is 0 Å². The van der Waals surface area contributed by atoms with E-state index in [1.165, 1.54) is 29.1 Å². The molecule has 1 aromatic rings. The second kappa shape index (κ2) is 4.96. The van der Waals surface area contributed by atoms with Crippen LogP contribution >= 0.6 is 0 Å². The number of likely N-dealkylation sites (N-methyl/N-ethyl adjacent to an activating group) is 1. The summed E-state index contributed by atoms with van der Waals surface area (Å²) in [5.74, 6) is 0.316. The highest BCUT2D eigenvalue weighted by Crippen LogP contribution is 2.62. The molecule has 0 unspecified atom stereocenters. The topological polar surface area (TPSA) is 29.1 Å². The molecule has 1 N–H and O–H groups in total. The van der Waals surface area contributed by atoms with Crippen molar-refractivity contribution in [2.24, 2.45) is 5.92 Å². The summed E-state index contributed by atoms with van der Waals surface area (Å²) in [6.07, 6.45) is 5.65. The van der Waals surface area contributed by atoms with Crippen LogP contribution in [0.5, 0.6) is 0 Å². The van der Waals surface area contributed by atoms with Gasteiger partial charge in [-0.05, 0) is 24.1 Å². The lowest BCUT2D eigenvalue weighted by Crippen LogP contribution is -3.00. The minimum atomic E-state index is 0. The van der Waals surface area contributed by atoms with Gasteiger partial charge in [-0.3, -0.25) is 4.79 Å². The van der Waals surface area contributed by atoms with Crippen LogP contribution in [-0.2, 0) is 10.2 Å². The van der Waals surface area contributed by atoms with Gasteiger partial charge in [0, 0.05) is 35.7 Å². The monoisotopic (exact) mass is 342 g/mol. The molecule has 1 aliphatic carbocycles. The Labute approximate surface area is 149 Å². The number of quaternary nitrogens is 1. The maximum atomic E-state index is 12.0. The van der Waals surface area contributed by atoms with Crippen LogP contribution in [0.2, 0.25) is 0 Å². The van der Waals surface area contributed by atoms with Crippen molar-refractivity contribution < 1.29 is 21.7 Å². The van der Waals surface area contributed by atoms with Crippen LogP contribution in [0.4, 0.5) is 5.69 Å². The van der Waals surface area contributed by atoms with Crippen LogP contribution < -0.4 is 17.7 Å². The van der Waals surface area contributed by atoms with Crippen molar-refractivity contribution in [1.29, 1.82) is 0 Å². The van der Waals surface area contributed by atoms with Crippen LogP contribution in [-0.4, -0.2) is 36.9 Å². The first-order chi connectivity index (χ1) is 11.1. The molecule has 5 rings (SSSR count). The second-order valence-corrected chi connectivity index (χ2v) is 7.87. The second-order valence-electron chi connectivity index (χ2n) is 7.87. The number of anilines is 1. The summed E-state index contributed by atoms with van der Waals surface area (Å²) in [7, 11) is 2.42. The van der Waals surface area contributed by atoms with Crippen LogP contribution in [0.3, 0.4) is 0 Å². The van der Waals surface area contributed by atoms with Crippen LogP contribution in [0.1, 0.15) is 25.3 Å². The van der Waals surface area contributed by atoms with Gasteiger partial charge in [-0.25, -0.2) is 0 Å². The highest BCUT2D eigenvalue weighted by atomic mass is 35.5. The van der Waals surface area contributed by atoms with E-state index in [-0.39, 0.29) is 17.8 Å². The predicted molar refractivity (Wildman–Crippen MR) is 91.0 cm³/mol. The van der Waals surface area contributed by atoms with Crippen LogP contribution in [0.15, 0.2) is 47.2 Å². The molecule has 126 valence electrons. The Morgan fingerprint density at radius 1 is 1.33 bits per heavy atom. The SMILES string of the molecule is C/C=C1/C[N@+]2(C)CC[C@]34C(=C(C=O)[C@H]1C[C@@H]32)Nc1ccccc14.[Cl-]. The molecule has 3 nitrogen and oxygen atoms in total. The zero-order chi connectivity index (χ0) is 15.8. The zero-order valence-electron chi connectivity index (χ0n) is 14.2. The molecule has 1 spiro atoms. The molecular formula is C20H23ClN2O. The first-order valence-electron chi connectivity index (χ1n) is 8.70. The minimum absolute atomic E-state index is 0. The van der Waals surface area contributed by atoms with E-state index in [9.17, 15) is 4.79 Å². The minimum Gasteiger partial charge on any atom is -1.00 e. The summed E-state index contributed by atoms with van der Waals surface area (Å²) in [6, 6.07) is 9.27. The molecule has 4 aliphatic rings. The van der Waals surface area contributed by atoms with E-state index in [1.54, 1.807) is 0 Å². The van der Waals surface area contributed by atoms with Gasteiger partial charge < -0.3 is 22.2 Å². The number of fused-ring (bicyclic) bond motifs is 2. The number of carbonyl (C=O) groups is 1. The third-order valence-corrected chi connectivity index (χ3v) is 7.06. The number of halogens is 1. The molecule has 1 aromatic carbocycles. The normalized spacial score (nSPS) is 39.8. The number of hydrogen-bond donors (Lipinski definition) is 1. The number of allylic oxidation sites excluding steroid dienone is 2. The molecule has 0 saturated carbocycles.